The van der Waals surface area contributed by atoms with Crippen molar-refractivity contribution in [2.24, 2.45) is 11.8 Å². The molecule has 0 saturated heterocycles. The smallest absolute Gasteiger partial charge is 0.0389 e. The van der Waals surface area contributed by atoms with Crippen LogP contribution in [0.4, 0.5) is 0 Å². The molecule has 2 atom stereocenters. The summed E-state index contributed by atoms with van der Waals surface area (Å²) in [6.07, 6.45) is 8.36. The SMILES string of the molecule is CCC[C@H](CC)[C@@H](CC)CCC. The summed E-state index contributed by atoms with van der Waals surface area (Å²) in [5.74, 6) is 2.00. The van der Waals surface area contributed by atoms with Crippen LogP contribution in [0.2, 0.25) is 0 Å². The Labute approximate surface area is 78.8 Å². The van der Waals surface area contributed by atoms with Gasteiger partial charge < -0.3 is 0 Å². The van der Waals surface area contributed by atoms with Gasteiger partial charge in [-0.15, -0.1) is 0 Å². The first-order valence-electron chi connectivity index (χ1n) is 5.79. The Kier molecular flexibility index (Phi) is 7.64. The lowest BCUT2D eigenvalue weighted by Crippen LogP contribution is -2.13. The highest BCUT2D eigenvalue weighted by atomic mass is 14.2. The molecule has 0 fully saturated rings. The van der Waals surface area contributed by atoms with E-state index in [4.69, 9.17) is 0 Å². The summed E-state index contributed by atoms with van der Waals surface area (Å²) in [5.41, 5.74) is 0. The molecule has 0 heterocycles. The zero-order chi connectivity index (χ0) is 9.40. The van der Waals surface area contributed by atoms with Crippen molar-refractivity contribution in [2.75, 3.05) is 0 Å². The van der Waals surface area contributed by atoms with Crippen molar-refractivity contribution in [1.29, 1.82) is 0 Å². The van der Waals surface area contributed by atoms with Gasteiger partial charge in [-0.05, 0) is 11.8 Å². The van der Waals surface area contributed by atoms with E-state index < -0.39 is 0 Å². The number of hydrogen-bond donors (Lipinski definition) is 0. The van der Waals surface area contributed by atoms with E-state index in [1.807, 2.05) is 0 Å². The zero-order valence-corrected chi connectivity index (χ0v) is 9.40. The van der Waals surface area contributed by atoms with Gasteiger partial charge in [-0.25, -0.2) is 0 Å². The average molecular weight is 170 g/mol. The van der Waals surface area contributed by atoms with E-state index in [0.29, 0.717) is 0 Å². The first-order valence-corrected chi connectivity index (χ1v) is 5.79. The van der Waals surface area contributed by atoms with Crippen LogP contribution in [0.3, 0.4) is 0 Å². The summed E-state index contributed by atoms with van der Waals surface area (Å²) < 4.78 is 0. The molecule has 0 aliphatic carbocycles. The third-order valence-electron chi connectivity index (χ3n) is 3.03. The van der Waals surface area contributed by atoms with Crippen LogP contribution in [0, 0.1) is 11.8 Å². The van der Waals surface area contributed by atoms with Gasteiger partial charge in [0.1, 0.15) is 0 Å². The fourth-order valence-electron chi connectivity index (χ4n) is 2.29. The molecule has 0 nitrogen and oxygen atoms in total. The van der Waals surface area contributed by atoms with E-state index in [9.17, 15) is 0 Å². The molecule has 0 aromatic rings. The van der Waals surface area contributed by atoms with E-state index in [2.05, 4.69) is 27.7 Å². The van der Waals surface area contributed by atoms with Crippen molar-refractivity contribution in [2.45, 2.75) is 66.2 Å². The van der Waals surface area contributed by atoms with Crippen LogP contribution < -0.4 is 0 Å². The molecular weight excluding hydrogens is 144 g/mol. The zero-order valence-electron chi connectivity index (χ0n) is 9.40. The fourth-order valence-corrected chi connectivity index (χ4v) is 2.29. The van der Waals surface area contributed by atoms with Gasteiger partial charge in [0.25, 0.3) is 0 Å². The van der Waals surface area contributed by atoms with Crippen molar-refractivity contribution < 1.29 is 0 Å². The van der Waals surface area contributed by atoms with Gasteiger partial charge in [-0.3, -0.25) is 0 Å². The van der Waals surface area contributed by atoms with Gasteiger partial charge in [0.05, 0.1) is 0 Å². The quantitative estimate of drug-likeness (QED) is 0.522. The molecule has 0 spiro atoms. The molecule has 0 rings (SSSR count). The lowest BCUT2D eigenvalue weighted by Gasteiger charge is -2.24. The van der Waals surface area contributed by atoms with Crippen LogP contribution in [0.25, 0.3) is 0 Å². The summed E-state index contributed by atoms with van der Waals surface area (Å²) in [5, 5.41) is 0. The molecule has 0 radical (unpaired) electrons. The minimum atomic E-state index is 1.000. The Morgan fingerprint density at radius 1 is 0.667 bits per heavy atom. The average Bonchev–Trinajstić information content (AvgIpc) is 2.11. The van der Waals surface area contributed by atoms with Gasteiger partial charge in [0, 0.05) is 0 Å². The van der Waals surface area contributed by atoms with Gasteiger partial charge in [-0.2, -0.15) is 0 Å². The summed E-state index contributed by atoms with van der Waals surface area (Å²) in [6, 6.07) is 0. The second-order valence-corrected chi connectivity index (χ2v) is 3.91. The van der Waals surface area contributed by atoms with E-state index in [0.717, 1.165) is 11.8 Å². The predicted molar refractivity (Wildman–Crippen MR) is 57.4 cm³/mol. The minimum absolute atomic E-state index is 1.000. The number of hydrogen-bond acceptors (Lipinski definition) is 0. The van der Waals surface area contributed by atoms with Crippen molar-refractivity contribution in [3.63, 3.8) is 0 Å². The van der Waals surface area contributed by atoms with Crippen molar-refractivity contribution in [1.82, 2.24) is 0 Å². The van der Waals surface area contributed by atoms with Crippen LogP contribution in [-0.2, 0) is 0 Å². The largest absolute Gasteiger partial charge is 0.0654 e. The molecule has 0 aliphatic heterocycles. The maximum atomic E-state index is 2.35. The molecule has 12 heavy (non-hydrogen) atoms. The fraction of sp³-hybridized carbons (Fsp3) is 1.00. The highest BCUT2D eigenvalue weighted by Gasteiger charge is 2.15. The maximum Gasteiger partial charge on any atom is -0.0389 e. The summed E-state index contributed by atoms with van der Waals surface area (Å²) in [7, 11) is 0. The van der Waals surface area contributed by atoms with Gasteiger partial charge >= 0.3 is 0 Å². The van der Waals surface area contributed by atoms with Crippen LogP contribution in [0.5, 0.6) is 0 Å². The first kappa shape index (κ1) is 12.0. The molecular formula is C12H26. The van der Waals surface area contributed by atoms with Gasteiger partial charge in [0.15, 0.2) is 0 Å². The van der Waals surface area contributed by atoms with Crippen molar-refractivity contribution >= 4 is 0 Å². The minimum Gasteiger partial charge on any atom is -0.0654 e. The Balaban J connectivity index is 3.84. The van der Waals surface area contributed by atoms with E-state index >= 15 is 0 Å². The van der Waals surface area contributed by atoms with Gasteiger partial charge in [-0.1, -0.05) is 66.2 Å². The van der Waals surface area contributed by atoms with E-state index in [1.165, 1.54) is 38.5 Å². The monoisotopic (exact) mass is 170 g/mol. The molecule has 0 unspecified atom stereocenters. The molecule has 0 aromatic heterocycles. The highest BCUT2D eigenvalue weighted by Crippen LogP contribution is 2.27. The Morgan fingerprint density at radius 3 is 1.17 bits per heavy atom. The van der Waals surface area contributed by atoms with Crippen molar-refractivity contribution in [3.05, 3.63) is 0 Å². The normalized spacial score (nSPS) is 16.0. The Hall–Kier alpha value is 0. The molecule has 0 bridgehead atoms. The number of rotatable bonds is 7. The second-order valence-electron chi connectivity index (χ2n) is 3.91. The third-order valence-corrected chi connectivity index (χ3v) is 3.03. The van der Waals surface area contributed by atoms with Crippen molar-refractivity contribution in [3.8, 4) is 0 Å². The highest BCUT2D eigenvalue weighted by molar-refractivity contribution is 4.67. The second kappa shape index (κ2) is 7.64. The van der Waals surface area contributed by atoms with Crippen LogP contribution in [-0.4, -0.2) is 0 Å². The molecule has 0 aromatic carbocycles. The lowest BCUT2D eigenvalue weighted by atomic mass is 9.82. The van der Waals surface area contributed by atoms with Gasteiger partial charge in [0.2, 0.25) is 0 Å². The van der Waals surface area contributed by atoms with Crippen LogP contribution >= 0.6 is 0 Å². The molecule has 0 saturated carbocycles. The first-order chi connectivity index (χ1) is 5.79. The standard InChI is InChI=1S/C12H26/c1-5-9-11(7-3)12(8-4)10-6-2/h11-12H,5-10H2,1-4H3/t11-,12-/m0/s1. The van der Waals surface area contributed by atoms with Crippen LogP contribution in [0.15, 0.2) is 0 Å². The Morgan fingerprint density at radius 2 is 1.00 bits per heavy atom. The summed E-state index contributed by atoms with van der Waals surface area (Å²) in [6.45, 7) is 9.31. The predicted octanol–water partition coefficient (Wildman–Crippen LogP) is 4.64. The Bertz CT molecular complexity index is 74.0. The topological polar surface area (TPSA) is 0 Å². The molecule has 0 aliphatic rings. The molecule has 74 valence electrons. The summed E-state index contributed by atoms with van der Waals surface area (Å²) in [4.78, 5) is 0. The molecule has 0 amide bonds. The molecule has 0 heteroatoms. The summed E-state index contributed by atoms with van der Waals surface area (Å²) >= 11 is 0. The van der Waals surface area contributed by atoms with E-state index in [1.54, 1.807) is 0 Å². The molecule has 0 N–H and O–H groups in total. The van der Waals surface area contributed by atoms with Crippen LogP contribution in [0.1, 0.15) is 66.2 Å². The lowest BCUT2D eigenvalue weighted by molar-refractivity contribution is 0.274. The maximum absolute atomic E-state index is 2.35. The third kappa shape index (κ3) is 4.13. The van der Waals surface area contributed by atoms with E-state index in [-0.39, 0.29) is 0 Å².